The van der Waals surface area contributed by atoms with E-state index in [-0.39, 0.29) is 18.3 Å². The summed E-state index contributed by atoms with van der Waals surface area (Å²) in [5.74, 6) is 0.875. The standard InChI is InChI=1S/C17H28N4O.ClH/c1-13-5-7-14(8-6-13)20(2)17(22)16-9-11-21(19-16)15-4-3-10-18-12-15;/h9,11,13-15,18H,3-8,10,12H2,1-2H3;1H. The molecule has 0 spiro atoms. The summed E-state index contributed by atoms with van der Waals surface area (Å²) in [4.78, 5) is 14.6. The van der Waals surface area contributed by atoms with Crippen LogP contribution in [-0.4, -0.2) is 46.8 Å². The van der Waals surface area contributed by atoms with Crippen molar-refractivity contribution >= 4 is 18.3 Å². The van der Waals surface area contributed by atoms with E-state index in [2.05, 4.69) is 17.3 Å². The Labute approximate surface area is 145 Å². The number of nitrogens with one attached hydrogen (secondary N) is 1. The quantitative estimate of drug-likeness (QED) is 0.920. The van der Waals surface area contributed by atoms with Gasteiger partial charge in [0.15, 0.2) is 0 Å². The summed E-state index contributed by atoms with van der Waals surface area (Å²) in [6.07, 6.45) is 8.97. The van der Waals surface area contributed by atoms with Crippen molar-refractivity contribution in [2.24, 2.45) is 5.92 Å². The number of carbonyl (C=O) groups is 1. The molecular weight excluding hydrogens is 312 g/mol. The Morgan fingerprint density at radius 3 is 2.70 bits per heavy atom. The van der Waals surface area contributed by atoms with Crippen molar-refractivity contribution in [3.05, 3.63) is 18.0 Å². The van der Waals surface area contributed by atoms with Crippen LogP contribution in [0.1, 0.15) is 62.0 Å². The summed E-state index contributed by atoms with van der Waals surface area (Å²) >= 11 is 0. The first-order valence-electron chi connectivity index (χ1n) is 8.68. The summed E-state index contributed by atoms with van der Waals surface area (Å²) in [5.41, 5.74) is 0.590. The van der Waals surface area contributed by atoms with E-state index in [0.717, 1.165) is 38.3 Å². The lowest BCUT2D eigenvalue weighted by atomic mass is 9.86. The summed E-state index contributed by atoms with van der Waals surface area (Å²) in [6.45, 7) is 4.34. The van der Waals surface area contributed by atoms with Crippen molar-refractivity contribution in [1.82, 2.24) is 20.0 Å². The molecule has 0 radical (unpaired) electrons. The maximum atomic E-state index is 12.7. The Kier molecular flexibility index (Phi) is 6.48. The molecule has 1 aromatic heterocycles. The molecule has 1 atom stereocenters. The number of carbonyl (C=O) groups excluding carboxylic acids is 1. The van der Waals surface area contributed by atoms with Crippen LogP contribution >= 0.6 is 12.4 Å². The van der Waals surface area contributed by atoms with Crippen LogP contribution in [-0.2, 0) is 0 Å². The average molecular weight is 341 g/mol. The minimum atomic E-state index is 0. The smallest absolute Gasteiger partial charge is 0.274 e. The molecule has 1 amide bonds. The fraction of sp³-hybridized carbons (Fsp3) is 0.765. The van der Waals surface area contributed by atoms with E-state index in [1.807, 2.05) is 28.9 Å². The van der Waals surface area contributed by atoms with E-state index in [4.69, 9.17) is 0 Å². The molecule has 2 aliphatic rings. The SMILES string of the molecule is CC1CCC(N(C)C(=O)c2ccn(C3CCCNC3)n2)CC1.Cl. The van der Waals surface area contributed by atoms with Crippen LogP contribution in [0, 0.1) is 5.92 Å². The fourth-order valence-corrected chi connectivity index (χ4v) is 3.69. The van der Waals surface area contributed by atoms with Gasteiger partial charge in [-0.3, -0.25) is 9.48 Å². The Balaban J connectivity index is 0.00000192. The second-order valence-corrected chi connectivity index (χ2v) is 7.01. The monoisotopic (exact) mass is 340 g/mol. The van der Waals surface area contributed by atoms with Gasteiger partial charge in [0.25, 0.3) is 5.91 Å². The zero-order valence-corrected chi connectivity index (χ0v) is 15.0. The first kappa shape index (κ1) is 18.3. The highest BCUT2D eigenvalue weighted by molar-refractivity contribution is 5.92. The molecule has 6 heteroatoms. The fourth-order valence-electron chi connectivity index (χ4n) is 3.69. The molecule has 1 saturated carbocycles. The van der Waals surface area contributed by atoms with Gasteiger partial charge in [-0.1, -0.05) is 6.92 Å². The van der Waals surface area contributed by atoms with Crippen LogP contribution in [0.3, 0.4) is 0 Å². The third kappa shape index (κ3) is 4.27. The molecule has 1 N–H and O–H groups in total. The first-order valence-corrected chi connectivity index (χ1v) is 8.68. The van der Waals surface area contributed by atoms with Gasteiger partial charge in [-0.15, -0.1) is 12.4 Å². The number of hydrogen-bond acceptors (Lipinski definition) is 3. The second-order valence-electron chi connectivity index (χ2n) is 7.01. The molecule has 1 unspecified atom stereocenters. The number of rotatable bonds is 3. The molecule has 1 aliphatic carbocycles. The van der Waals surface area contributed by atoms with Gasteiger partial charge in [-0.25, -0.2) is 0 Å². The van der Waals surface area contributed by atoms with Gasteiger partial charge in [0.1, 0.15) is 5.69 Å². The molecule has 0 aromatic carbocycles. The molecule has 3 rings (SSSR count). The molecule has 1 aromatic rings. The highest BCUT2D eigenvalue weighted by Crippen LogP contribution is 2.27. The van der Waals surface area contributed by atoms with Gasteiger partial charge < -0.3 is 10.2 Å². The molecule has 1 saturated heterocycles. The number of aromatic nitrogens is 2. The molecule has 0 bridgehead atoms. The Morgan fingerprint density at radius 2 is 2.04 bits per heavy atom. The molecule has 23 heavy (non-hydrogen) atoms. The van der Waals surface area contributed by atoms with E-state index in [0.29, 0.717) is 17.8 Å². The summed E-state index contributed by atoms with van der Waals surface area (Å²) in [5, 5.41) is 7.94. The molecule has 1 aliphatic heterocycles. The predicted octanol–water partition coefficient (Wildman–Crippen LogP) is 2.88. The van der Waals surface area contributed by atoms with Gasteiger partial charge in [-0.2, -0.15) is 5.10 Å². The molecule has 5 nitrogen and oxygen atoms in total. The normalized spacial score (nSPS) is 28.0. The Morgan fingerprint density at radius 1 is 1.30 bits per heavy atom. The van der Waals surface area contributed by atoms with Crippen molar-refractivity contribution < 1.29 is 4.79 Å². The zero-order chi connectivity index (χ0) is 15.5. The lowest BCUT2D eigenvalue weighted by Gasteiger charge is -2.33. The maximum absolute atomic E-state index is 12.7. The Hall–Kier alpha value is -1.07. The lowest BCUT2D eigenvalue weighted by molar-refractivity contribution is 0.0672. The number of piperidine rings is 1. The number of hydrogen-bond donors (Lipinski definition) is 1. The summed E-state index contributed by atoms with van der Waals surface area (Å²) < 4.78 is 1.97. The van der Waals surface area contributed by atoms with Gasteiger partial charge in [0.2, 0.25) is 0 Å². The topological polar surface area (TPSA) is 50.2 Å². The lowest BCUT2D eigenvalue weighted by Crippen LogP contribution is -2.39. The highest BCUT2D eigenvalue weighted by atomic mass is 35.5. The summed E-state index contributed by atoms with van der Waals surface area (Å²) in [7, 11) is 1.93. The van der Waals surface area contributed by atoms with Crippen molar-refractivity contribution in [1.29, 1.82) is 0 Å². The minimum Gasteiger partial charge on any atom is -0.337 e. The van der Waals surface area contributed by atoms with Gasteiger partial charge >= 0.3 is 0 Å². The van der Waals surface area contributed by atoms with Crippen molar-refractivity contribution in [3.8, 4) is 0 Å². The van der Waals surface area contributed by atoms with Crippen LogP contribution in [0.4, 0.5) is 0 Å². The van der Waals surface area contributed by atoms with Crippen LogP contribution in [0.25, 0.3) is 0 Å². The van der Waals surface area contributed by atoms with Crippen LogP contribution in [0.15, 0.2) is 12.3 Å². The number of nitrogens with zero attached hydrogens (tertiary/aromatic N) is 3. The highest BCUT2D eigenvalue weighted by Gasteiger charge is 2.27. The predicted molar refractivity (Wildman–Crippen MR) is 94.1 cm³/mol. The molecule has 2 heterocycles. The number of amides is 1. The van der Waals surface area contributed by atoms with Gasteiger partial charge in [-0.05, 0) is 57.1 Å². The van der Waals surface area contributed by atoms with Gasteiger partial charge in [0.05, 0.1) is 6.04 Å². The van der Waals surface area contributed by atoms with E-state index in [1.165, 1.54) is 19.3 Å². The average Bonchev–Trinajstić information content (AvgIpc) is 3.05. The molecule has 130 valence electrons. The van der Waals surface area contributed by atoms with Crippen molar-refractivity contribution in [3.63, 3.8) is 0 Å². The number of halogens is 1. The van der Waals surface area contributed by atoms with Crippen LogP contribution in [0.5, 0.6) is 0 Å². The Bertz CT molecular complexity index is 504. The van der Waals surface area contributed by atoms with E-state index in [1.54, 1.807) is 0 Å². The van der Waals surface area contributed by atoms with E-state index >= 15 is 0 Å². The summed E-state index contributed by atoms with van der Waals surface area (Å²) in [6, 6.07) is 2.64. The van der Waals surface area contributed by atoms with Crippen LogP contribution < -0.4 is 5.32 Å². The maximum Gasteiger partial charge on any atom is 0.274 e. The largest absolute Gasteiger partial charge is 0.337 e. The van der Waals surface area contributed by atoms with Crippen molar-refractivity contribution in [2.45, 2.75) is 57.5 Å². The van der Waals surface area contributed by atoms with Crippen LogP contribution in [0.2, 0.25) is 0 Å². The third-order valence-electron chi connectivity index (χ3n) is 5.33. The molecule has 2 fully saturated rings. The van der Waals surface area contributed by atoms with E-state index in [9.17, 15) is 4.79 Å². The van der Waals surface area contributed by atoms with Crippen molar-refractivity contribution in [2.75, 3.05) is 20.1 Å². The first-order chi connectivity index (χ1) is 10.6. The minimum absolute atomic E-state index is 0. The third-order valence-corrected chi connectivity index (χ3v) is 5.33. The van der Waals surface area contributed by atoms with E-state index < -0.39 is 0 Å². The molecular formula is C17H29ClN4O. The van der Waals surface area contributed by atoms with Gasteiger partial charge in [0, 0.05) is 25.8 Å². The zero-order valence-electron chi connectivity index (χ0n) is 14.2. The second kappa shape index (κ2) is 8.15.